The van der Waals surface area contributed by atoms with Crippen LogP contribution in [0.25, 0.3) is 0 Å². The number of methoxy groups -OCH3 is 2. The van der Waals surface area contributed by atoms with Gasteiger partial charge in [0.05, 0.1) is 19.1 Å². The lowest BCUT2D eigenvalue weighted by molar-refractivity contribution is -0.136. The van der Waals surface area contributed by atoms with Crippen LogP contribution in [-0.2, 0) is 16.0 Å². The van der Waals surface area contributed by atoms with Crippen molar-refractivity contribution >= 4 is 18.3 Å². The summed E-state index contributed by atoms with van der Waals surface area (Å²) in [6, 6.07) is 8.08. The highest BCUT2D eigenvalue weighted by Crippen LogP contribution is 2.29. The van der Waals surface area contributed by atoms with E-state index in [0.29, 0.717) is 13.2 Å². The highest BCUT2D eigenvalue weighted by atomic mass is 35.5. The van der Waals surface area contributed by atoms with Crippen LogP contribution in [0.5, 0.6) is 5.75 Å². The van der Waals surface area contributed by atoms with Gasteiger partial charge in [0.2, 0.25) is 5.91 Å². The van der Waals surface area contributed by atoms with Crippen molar-refractivity contribution in [3.63, 3.8) is 0 Å². The van der Waals surface area contributed by atoms with Crippen LogP contribution in [0.2, 0.25) is 0 Å². The van der Waals surface area contributed by atoms with Crippen molar-refractivity contribution in [3.05, 3.63) is 29.8 Å². The van der Waals surface area contributed by atoms with Crippen molar-refractivity contribution in [2.75, 3.05) is 40.5 Å². The number of hydrogen-bond donors (Lipinski definition) is 2. The molecule has 0 aromatic heterocycles. The Kier molecular flexibility index (Phi) is 9.11. The number of benzene rings is 1. The van der Waals surface area contributed by atoms with Gasteiger partial charge in [-0.25, -0.2) is 0 Å². The first-order valence-corrected chi connectivity index (χ1v) is 8.31. The van der Waals surface area contributed by atoms with E-state index >= 15 is 0 Å². The number of aryl methyl sites for hydroxylation is 1. The summed E-state index contributed by atoms with van der Waals surface area (Å²) in [4.78, 5) is 12.6. The lowest BCUT2D eigenvalue weighted by Crippen LogP contribution is -2.50. The molecule has 0 radical (unpaired) electrons. The van der Waals surface area contributed by atoms with Crippen LogP contribution in [0.3, 0.4) is 0 Å². The fourth-order valence-corrected chi connectivity index (χ4v) is 3.09. The summed E-state index contributed by atoms with van der Waals surface area (Å²) in [5.74, 6) is 1.00. The molecule has 1 heterocycles. The number of nitrogens with one attached hydrogen (secondary N) is 2. The molecule has 0 aliphatic carbocycles. The normalized spacial score (nSPS) is 16.1. The van der Waals surface area contributed by atoms with E-state index in [2.05, 4.69) is 22.8 Å². The number of amides is 1. The Morgan fingerprint density at radius 3 is 2.46 bits per heavy atom. The summed E-state index contributed by atoms with van der Waals surface area (Å²) in [6.07, 6.45) is 3.55. The number of rotatable bonds is 8. The molecule has 1 amide bonds. The largest absolute Gasteiger partial charge is 0.497 e. The van der Waals surface area contributed by atoms with Crippen LogP contribution in [0.15, 0.2) is 24.3 Å². The van der Waals surface area contributed by atoms with E-state index in [1.54, 1.807) is 14.2 Å². The highest BCUT2D eigenvalue weighted by Gasteiger charge is 2.39. The van der Waals surface area contributed by atoms with Gasteiger partial charge in [-0.2, -0.15) is 0 Å². The zero-order chi connectivity index (χ0) is 16.5. The highest BCUT2D eigenvalue weighted by molar-refractivity contribution is 5.85. The van der Waals surface area contributed by atoms with Crippen molar-refractivity contribution in [1.29, 1.82) is 0 Å². The predicted octanol–water partition coefficient (Wildman–Crippen LogP) is 2.18. The maximum Gasteiger partial charge on any atom is 0.228 e. The van der Waals surface area contributed by atoms with Crippen molar-refractivity contribution in [3.8, 4) is 5.75 Å². The molecule has 0 bridgehead atoms. The van der Waals surface area contributed by atoms with Crippen molar-refractivity contribution in [2.24, 2.45) is 5.41 Å². The van der Waals surface area contributed by atoms with E-state index in [9.17, 15) is 4.79 Å². The van der Waals surface area contributed by atoms with Crippen molar-refractivity contribution < 1.29 is 14.3 Å². The van der Waals surface area contributed by atoms with Gasteiger partial charge in [0, 0.05) is 13.7 Å². The number of carbonyl (C=O) groups excluding carboxylic acids is 1. The molecule has 2 rings (SSSR count). The number of ether oxygens (including phenoxy) is 2. The predicted molar refractivity (Wildman–Crippen MR) is 98.0 cm³/mol. The van der Waals surface area contributed by atoms with E-state index in [1.165, 1.54) is 5.56 Å². The smallest absolute Gasteiger partial charge is 0.228 e. The zero-order valence-corrected chi connectivity index (χ0v) is 15.4. The molecule has 1 fully saturated rings. The number of halogens is 1. The van der Waals surface area contributed by atoms with Gasteiger partial charge in [-0.15, -0.1) is 12.4 Å². The summed E-state index contributed by atoms with van der Waals surface area (Å²) < 4.78 is 10.5. The zero-order valence-electron chi connectivity index (χ0n) is 14.6. The maximum absolute atomic E-state index is 12.6. The summed E-state index contributed by atoms with van der Waals surface area (Å²) in [7, 11) is 3.34. The third-order valence-electron chi connectivity index (χ3n) is 4.55. The van der Waals surface area contributed by atoms with Crippen LogP contribution >= 0.6 is 12.4 Å². The monoisotopic (exact) mass is 356 g/mol. The summed E-state index contributed by atoms with van der Waals surface area (Å²) in [5.41, 5.74) is 0.897. The van der Waals surface area contributed by atoms with Gasteiger partial charge in [0.15, 0.2) is 0 Å². The SMILES string of the molecule is COCC1(C(=O)NCCCc2ccc(OC)cc2)CCNCC1.Cl. The van der Waals surface area contributed by atoms with Crippen LogP contribution in [0, 0.1) is 5.41 Å². The molecule has 136 valence electrons. The molecule has 1 aromatic rings. The molecular formula is C18H29ClN2O3. The van der Waals surface area contributed by atoms with Crippen molar-refractivity contribution in [1.82, 2.24) is 10.6 Å². The maximum atomic E-state index is 12.6. The fraction of sp³-hybridized carbons (Fsp3) is 0.611. The minimum Gasteiger partial charge on any atom is -0.497 e. The Labute approximate surface area is 150 Å². The third-order valence-corrected chi connectivity index (χ3v) is 4.55. The second kappa shape index (κ2) is 10.5. The van der Waals surface area contributed by atoms with Gasteiger partial charge >= 0.3 is 0 Å². The molecule has 2 N–H and O–H groups in total. The molecule has 0 unspecified atom stereocenters. The average Bonchev–Trinajstić information content (AvgIpc) is 2.60. The molecule has 1 aliphatic heterocycles. The molecule has 0 saturated carbocycles. The van der Waals surface area contributed by atoms with Crippen molar-refractivity contribution in [2.45, 2.75) is 25.7 Å². The third kappa shape index (κ3) is 5.65. The first-order valence-electron chi connectivity index (χ1n) is 8.31. The van der Waals surface area contributed by atoms with Gasteiger partial charge in [-0.05, 0) is 56.5 Å². The Morgan fingerprint density at radius 1 is 1.21 bits per heavy atom. The van der Waals surface area contributed by atoms with Crippen LogP contribution in [0.4, 0.5) is 0 Å². The molecular weight excluding hydrogens is 328 g/mol. The second-order valence-corrected chi connectivity index (χ2v) is 6.17. The fourth-order valence-electron chi connectivity index (χ4n) is 3.09. The number of carbonyl (C=O) groups is 1. The average molecular weight is 357 g/mol. The molecule has 0 spiro atoms. The molecule has 5 nitrogen and oxygen atoms in total. The first kappa shape index (κ1) is 20.7. The van der Waals surface area contributed by atoms with Crippen LogP contribution in [0.1, 0.15) is 24.8 Å². The Bertz CT molecular complexity index is 482. The molecule has 6 heteroatoms. The quantitative estimate of drug-likeness (QED) is 0.701. The van der Waals surface area contributed by atoms with E-state index in [-0.39, 0.29) is 23.7 Å². The summed E-state index contributed by atoms with van der Waals surface area (Å²) in [5, 5.41) is 6.40. The van der Waals surface area contributed by atoms with E-state index in [1.807, 2.05) is 12.1 Å². The minimum absolute atomic E-state index is 0. The van der Waals surface area contributed by atoms with E-state index < -0.39 is 0 Å². The minimum atomic E-state index is -0.361. The van der Waals surface area contributed by atoms with Gasteiger partial charge < -0.3 is 20.1 Å². The molecule has 1 aliphatic rings. The molecule has 1 saturated heterocycles. The Hall–Kier alpha value is -1.30. The summed E-state index contributed by atoms with van der Waals surface area (Å²) in [6.45, 7) is 2.95. The first-order chi connectivity index (χ1) is 11.2. The Balaban J connectivity index is 0.00000288. The van der Waals surface area contributed by atoms with Crippen LogP contribution in [-0.4, -0.2) is 46.4 Å². The Morgan fingerprint density at radius 2 is 1.88 bits per heavy atom. The van der Waals surface area contributed by atoms with E-state index in [0.717, 1.165) is 44.5 Å². The van der Waals surface area contributed by atoms with Crippen LogP contribution < -0.4 is 15.4 Å². The lowest BCUT2D eigenvalue weighted by atomic mass is 9.78. The molecule has 24 heavy (non-hydrogen) atoms. The second-order valence-electron chi connectivity index (χ2n) is 6.17. The molecule has 1 aromatic carbocycles. The van der Waals surface area contributed by atoms with Gasteiger partial charge in [0.25, 0.3) is 0 Å². The van der Waals surface area contributed by atoms with E-state index in [4.69, 9.17) is 9.47 Å². The molecule has 0 atom stereocenters. The lowest BCUT2D eigenvalue weighted by Gasteiger charge is -2.35. The topological polar surface area (TPSA) is 59.6 Å². The number of hydrogen-bond acceptors (Lipinski definition) is 4. The van der Waals surface area contributed by atoms with Gasteiger partial charge in [0.1, 0.15) is 5.75 Å². The standard InChI is InChI=1S/C18H28N2O3.ClH/c1-22-14-18(9-12-19-13-10-18)17(21)20-11-3-4-15-5-7-16(23-2)8-6-15;/h5-8,19H,3-4,9-14H2,1-2H3,(H,20,21);1H. The van der Waals surface area contributed by atoms with Gasteiger partial charge in [-0.3, -0.25) is 4.79 Å². The number of piperidine rings is 1. The summed E-state index contributed by atoms with van der Waals surface area (Å²) >= 11 is 0. The van der Waals surface area contributed by atoms with Gasteiger partial charge in [-0.1, -0.05) is 12.1 Å².